The minimum Gasteiger partial charge on any atom is -0.491 e. The summed E-state index contributed by atoms with van der Waals surface area (Å²) >= 11 is 0. The van der Waals surface area contributed by atoms with Gasteiger partial charge in [0.1, 0.15) is 12.4 Å². The third-order valence-electron chi connectivity index (χ3n) is 7.38. The fourth-order valence-corrected chi connectivity index (χ4v) is 5.09. The summed E-state index contributed by atoms with van der Waals surface area (Å²) < 4.78 is 11.5. The number of carbonyl (C=O) groups is 1. The van der Waals surface area contributed by atoms with Crippen LogP contribution >= 0.6 is 0 Å². The van der Waals surface area contributed by atoms with Crippen LogP contribution in [0.4, 0.5) is 5.82 Å². The maximum atomic E-state index is 13.5. The Hall–Kier alpha value is -3.72. The first kappa shape index (κ1) is 25.9. The Morgan fingerprint density at radius 1 is 1.03 bits per heavy atom. The fraction of sp³-hybridized carbons (Fsp3) is 0.333. The van der Waals surface area contributed by atoms with Gasteiger partial charge in [-0.1, -0.05) is 48.5 Å². The number of nitrogens with zero attached hydrogens (tertiary/aromatic N) is 2. The fourth-order valence-electron chi connectivity index (χ4n) is 5.09. The van der Waals surface area contributed by atoms with E-state index in [0.29, 0.717) is 37.0 Å². The quantitative estimate of drug-likeness (QED) is 0.270. The van der Waals surface area contributed by atoms with Crippen LogP contribution in [0.3, 0.4) is 0 Å². The van der Waals surface area contributed by atoms with E-state index < -0.39 is 0 Å². The number of anilines is 1. The van der Waals surface area contributed by atoms with Crippen LogP contribution in [0.25, 0.3) is 10.9 Å². The number of hydrogen-bond acceptors (Lipinski definition) is 6. The number of fused-ring (bicyclic) bond motifs is 1. The van der Waals surface area contributed by atoms with E-state index in [1.54, 1.807) is 0 Å². The predicted molar refractivity (Wildman–Crippen MR) is 150 cm³/mol. The van der Waals surface area contributed by atoms with E-state index in [-0.39, 0.29) is 11.4 Å². The Kier molecular flexibility index (Phi) is 8.03. The van der Waals surface area contributed by atoms with Crippen molar-refractivity contribution in [1.82, 2.24) is 20.4 Å². The molecule has 0 atom stereocenters. The first-order chi connectivity index (χ1) is 18.6. The molecular formula is C30H35N5O3. The number of carbonyl (C=O) groups excluding carboxylic acids is 1. The van der Waals surface area contributed by atoms with E-state index in [2.05, 4.69) is 38.8 Å². The standard InChI is InChI=1S/C30H35N5O3/c1-31-30(14-16-35(2)17-15-30)26-11-7-6-10-24(26)29(36)32-28-25-13-12-23(20-27(25)33-34-28)38-19-18-37-21-22-8-4-3-5-9-22/h3-13,20,31H,14-19,21H2,1-2H3,(H2,32,33,34,36). The number of aromatic nitrogens is 2. The summed E-state index contributed by atoms with van der Waals surface area (Å²) in [5, 5.41) is 14.8. The average molecular weight is 514 g/mol. The maximum absolute atomic E-state index is 13.5. The largest absolute Gasteiger partial charge is 0.491 e. The molecule has 8 heteroatoms. The molecule has 0 aliphatic carbocycles. The highest BCUT2D eigenvalue weighted by molar-refractivity contribution is 6.08. The molecule has 198 valence electrons. The van der Waals surface area contributed by atoms with Gasteiger partial charge in [-0.25, -0.2) is 0 Å². The minimum atomic E-state index is -0.231. The summed E-state index contributed by atoms with van der Waals surface area (Å²) in [5.41, 5.74) is 3.39. The van der Waals surface area contributed by atoms with Gasteiger partial charge in [-0.3, -0.25) is 9.89 Å². The molecule has 2 heterocycles. The molecule has 1 fully saturated rings. The predicted octanol–water partition coefficient (Wildman–Crippen LogP) is 4.55. The summed E-state index contributed by atoms with van der Waals surface area (Å²) in [4.78, 5) is 15.8. The number of benzene rings is 3. The first-order valence-corrected chi connectivity index (χ1v) is 13.1. The number of hydrogen-bond donors (Lipinski definition) is 3. The normalized spacial score (nSPS) is 15.4. The van der Waals surface area contributed by atoms with Crippen molar-refractivity contribution in [2.75, 3.05) is 45.7 Å². The summed E-state index contributed by atoms with van der Waals surface area (Å²) in [6.45, 7) is 3.44. The van der Waals surface area contributed by atoms with E-state index in [0.717, 1.165) is 48.0 Å². The maximum Gasteiger partial charge on any atom is 0.257 e. The van der Waals surface area contributed by atoms with Crippen LogP contribution in [-0.2, 0) is 16.9 Å². The van der Waals surface area contributed by atoms with Crippen LogP contribution in [0.15, 0.2) is 72.8 Å². The van der Waals surface area contributed by atoms with Gasteiger partial charge in [0.25, 0.3) is 5.91 Å². The lowest BCUT2D eigenvalue weighted by atomic mass is 9.78. The van der Waals surface area contributed by atoms with E-state index in [9.17, 15) is 4.79 Å². The molecule has 0 saturated carbocycles. The molecule has 3 aromatic carbocycles. The molecule has 1 saturated heterocycles. The molecule has 3 N–H and O–H groups in total. The number of aromatic amines is 1. The molecule has 38 heavy (non-hydrogen) atoms. The number of piperidine rings is 1. The second-order valence-electron chi connectivity index (χ2n) is 9.80. The van der Waals surface area contributed by atoms with Crippen molar-refractivity contribution in [1.29, 1.82) is 0 Å². The van der Waals surface area contributed by atoms with Gasteiger partial charge in [0.2, 0.25) is 0 Å². The third kappa shape index (κ3) is 5.72. The van der Waals surface area contributed by atoms with Gasteiger partial charge in [0, 0.05) is 22.6 Å². The summed E-state index contributed by atoms with van der Waals surface area (Å²) in [6, 6.07) is 23.6. The molecule has 1 aromatic heterocycles. The van der Waals surface area contributed by atoms with Crippen LogP contribution in [0.2, 0.25) is 0 Å². The smallest absolute Gasteiger partial charge is 0.257 e. The van der Waals surface area contributed by atoms with Crippen LogP contribution in [0.5, 0.6) is 5.75 Å². The first-order valence-electron chi connectivity index (χ1n) is 13.1. The lowest BCUT2D eigenvalue weighted by Crippen LogP contribution is -2.49. The highest BCUT2D eigenvalue weighted by Gasteiger charge is 2.36. The summed E-state index contributed by atoms with van der Waals surface area (Å²) in [5.74, 6) is 1.05. The number of H-pyrrole nitrogens is 1. The Morgan fingerprint density at radius 2 is 1.79 bits per heavy atom. The molecule has 8 nitrogen and oxygen atoms in total. The van der Waals surface area contributed by atoms with Gasteiger partial charge in [-0.05, 0) is 69.4 Å². The van der Waals surface area contributed by atoms with Gasteiger partial charge in [-0.2, -0.15) is 5.10 Å². The number of ether oxygens (including phenoxy) is 2. The van der Waals surface area contributed by atoms with Crippen molar-refractivity contribution in [3.05, 3.63) is 89.5 Å². The molecule has 0 bridgehead atoms. The second-order valence-corrected chi connectivity index (χ2v) is 9.80. The van der Waals surface area contributed by atoms with Crippen LogP contribution in [0, 0.1) is 0 Å². The Labute approximate surface area is 223 Å². The number of nitrogens with one attached hydrogen (secondary N) is 3. The number of rotatable bonds is 10. The number of likely N-dealkylation sites (tertiary alicyclic amines) is 1. The molecule has 0 spiro atoms. The zero-order chi connectivity index (χ0) is 26.4. The molecule has 5 rings (SSSR count). The average Bonchev–Trinajstić information content (AvgIpc) is 3.36. The molecule has 1 aliphatic heterocycles. The lowest BCUT2D eigenvalue weighted by molar-refractivity contribution is 0.0889. The number of amides is 1. The highest BCUT2D eigenvalue weighted by Crippen LogP contribution is 2.35. The molecule has 1 amide bonds. The molecular weight excluding hydrogens is 478 g/mol. The SMILES string of the molecule is CNC1(c2ccccc2C(=O)Nc2n[nH]c3cc(OCCOCc4ccccc4)ccc23)CCN(C)CC1. The zero-order valence-corrected chi connectivity index (χ0v) is 22.0. The van der Waals surface area contributed by atoms with Gasteiger partial charge < -0.3 is 25.0 Å². The highest BCUT2D eigenvalue weighted by atomic mass is 16.5. The van der Waals surface area contributed by atoms with E-state index in [1.165, 1.54) is 0 Å². The van der Waals surface area contributed by atoms with Gasteiger partial charge in [-0.15, -0.1) is 0 Å². The summed E-state index contributed by atoms with van der Waals surface area (Å²) in [6.07, 6.45) is 1.88. The van der Waals surface area contributed by atoms with Crippen molar-refractivity contribution >= 4 is 22.6 Å². The monoisotopic (exact) mass is 513 g/mol. The second kappa shape index (κ2) is 11.8. The molecule has 4 aromatic rings. The van der Waals surface area contributed by atoms with Gasteiger partial charge >= 0.3 is 0 Å². The Morgan fingerprint density at radius 3 is 2.58 bits per heavy atom. The van der Waals surface area contributed by atoms with Crippen molar-refractivity contribution < 1.29 is 14.3 Å². The Bertz CT molecular complexity index is 1360. The third-order valence-corrected chi connectivity index (χ3v) is 7.38. The topological polar surface area (TPSA) is 91.5 Å². The van der Waals surface area contributed by atoms with Crippen molar-refractivity contribution in [3.8, 4) is 5.75 Å². The van der Waals surface area contributed by atoms with Crippen molar-refractivity contribution in [3.63, 3.8) is 0 Å². The summed E-state index contributed by atoms with van der Waals surface area (Å²) in [7, 11) is 4.12. The van der Waals surface area contributed by atoms with Gasteiger partial charge in [0.05, 0.1) is 18.7 Å². The molecule has 1 aliphatic rings. The van der Waals surface area contributed by atoms with Gasteiger partial charge in [0.15, 0.2) is 5.82 Å². The lowest BCUT2D eigenvalue weighted by Gasteiger charge is -2.41. The van der Waals surface area contributed by atoms with Crippen molar-refractivity contribution in [2.24, 2.45) is 0 Å². The molecule has 0 radical (unpaired) electrons. The Balaban J connectivity index is 1.23. The van der Waals surface area contributed by atoms with E-state index in [1.807, 2.05) is 73.8 Å². The van der Waals surface area contributed by atoms with E-state index >= 15 is 0 Å². The van der Waals surface area contributed by atoms with E-state index in [4.69, 9.17) is 9.47 Å². The van der Waals surface area contributed by atoms with Crippen LogP contribution < -0.4 is 15.4 Å². The zero-order valence-electron chi connectivity index (χ0n) is 22.0. The van der Waals surface area contributed by atoms with Crippen molar-refractivity contribution in [2.45, 2.75) is 25.0 Å². The minimum absolute atomic E-state index is 0.168. The van der Waals surface area contributed by atoms with Crippen LogP contribution in [0.1, 0.15) is 34.3 Å². The molecule has 0 unspecified atom stereocenters. The van der Waals surface area contributed by atoms with Crippen LogP contribution in [-0.4, -0.2) is 61.4 Å².